The fourth-order valence-corrected chi connectivity index (χ4v) is 7.84. The van der Waals surface area contributed by atoms with E-state index in [9.17, 15) is 14.4 Å². The largest absolute Gasteiger partial charge is 0.462 e. The first-order valence-electron chi connectivity index (χ1n) is 26.8. The molecular weight excluding hydrogens is 757 g/mol. The predicted molar refractivity (Wildman–Crippen MR) is 261 cm³/mol. The molecule has 0 heterocycles. The normalized spacial score (nSPS) is 12.1. The van der Waals surface area contributed by atoms with Crippen LogP contribution in [0.25, 0.3) is 0 Å². The molecule has 61 heavy (non-hydrogen) atoms. The van der Waals surface area contributed by atoms with Gasteiger partial charge >= 0.3 is 17.9 Å². The minimum Gasteiger partial charge on any atom is -0.462 e. The number of carbonyl (C=O) groups excluding carboxylic acids is 3. The Morgan fingerprint density at radius 1 is 0.311 bits per heavy atom. The maximum atomic E-state index is 12.8. The Morgan fingerprint density at radius 3 is 0.852 bits per heavy atom. The van der Waals surface area contributed by atoms with E-state index < -0.39 is 6.10 Å². The van der Waals surface area contributed by atoms with Crippen molar-refractivity contribution in [3.63, 3.8) is 0 Å². The van der Waals surface area contributed by atoms with Crippen LogP contribution in [0.5, 0.6) is 0 Å². The summed E-state index contributed by atoms with van der Waals surface area (Å²) in [5, 5.41) is 0. The van der Waals surface area contributed by atoms with E-state index in [1.165, 1.54) is 186 Å². The summed E-state index contributed by atoms with van der Waals surface area (Å²) in [6, 6.07) is 0. The lowest BCUT2D eigenvalue weighted by atomic mass is 10.0. The molecule has 6 heteroatoms. The maximum Gasteiger partial charge on any atom is 0.306 e. The van der Waals surface area contributed by atoms with Crippen LogP contribution >= 0.6 is 0 Å². The zero-order valence-corrected chi connectivity index (χ0v) is 40.9. The first-order chi connectivity index (χ1) is 30.0. The predicted octanol–water partition coefficient (Wildman–Crippen LogP) is 17.5. The molecule has 0 spiro atoms. The molecule has 0 bridgehead atoms. The molecule has 0 saturated carbocycles. The molecule has 0 aliphatic rings. The zero-order valence-electron chi connectivity index (χ0n) is 40.9. The molecule has 358 valence electrons. The second-order valence-corrected chi connectivity index (χ2v) is 18.1. The van der Waals surface area contributed by atoms with Crippen molar-refractivity contribution in [2.45, 2.75) is 297 Å². The van der Waals surface area contributed by atoms with Crippen LogP contribution in [0.2, 0.25) is 0 Å². The van der Waals surface area contributed by atoms with Crippen molar-refractivity contribution in [3.05, 3.63) is 24.3 Å². The Kier molecular flexibility index (Phi) is 48.8. The molecular formula is C55H102O6. The number of carbonyl (C=O) groups is 3. The Bertz CT molecular complexity index is 989. The first kappa shape index (κ1) is 58.9. The van der Waals surface area contributed by atoms with Gasteiger partial charge in [0.15, 0.2) is 6.10 Å². The van der Waals surface area contributed by atoms with Crippen molar-refractivity contribution in [2.24, 2.45) is 0 Å². The minimum absolute atomic E-state index is 0.0714. The van der Waals surface area contributed by atoms with Crippen molar-refractivity contribution >= 4 is 17.9 Å². The molecule has 1 unspecified atom stereocenters. The summed E-state index contributed by atoms with van der Waals surface area (Å²) in [4.78, 5) is 37.9. The molecule has 0 aromatic carbocycles. The fourth-order valence-electron chi connectivity index (χ4n) is 7.84. The number of allylic oxidation sites excluding steroid dienone is 4. The highest BCUT2D eigenvalue weighted by Gasteiger charge is 2.19. The second-order valence-electron chi connectivity index (χ2n) is 18.1. The van der Waals surface area contributed by atoms with Gasteiger partial charge in [0.05, 0.1) is 0 Å². The molecule has 0 aromatic heterocycles. The van der Waals surface area contributed by atoms with Crippen molar-refractivity contribution in [1.82, 2.24) is 0 Å². The topological polar surface area (TPSA) is 78.9 Å². The third-order valence-corrected chi connectivity index (χ3v) is 11.9. The maximum absolute atomic E-state index is 12.8. The van der Waals surface area contributed by atoms with Gasteiger partial charge in [-0.15, -0.1) is 0 Å². The second kappa shape index (κ2) is 50.5. The van der Waals surface area contributed by atoms with E-state index in [0.29, 0.717) is 19.3 Å². The summed E-state index contributed by atoms with van der Waals surface area (Å²) in [7, 11) is 0. The number of hydrogen-bond donors (Lipinski definition) is 0. The Balaban J connectivity index is 4.29. The first-order valence-corrected chi connectivity index (χ1v) is 26.8. The number of hydrogen-bond acceptors (Lipinski definition) is 6. The molecule has 6 nitrogen and oxygen atoms in total. The lowest BCUT2D eigenvalue weighted by Gasteiger charge is -2.18. The van der Waals surface area contributed by atoms with Gasteiger partial charge < -0.3 is 14.2 Å². The van der Waals surface area contributed by atoms with Crippen LogP contribution < -0.4 is 0 Å². The van der Waals surface area contributed by atoms with Crippen LogP contribution in [0, 0.1) is 0 Å². The van der Waals surface area contributed by atoms with Crippen LogP contribution in [-0.4, -0.2) is 37.2 Å². The van der Waals surface area contributed by atoms with Crippen LogP contribution in [-0.2, 0) is 28.6 Å². The van der Waals surface area contributed by atoms with E-state index in [1.807, 2.05) is 0 Å². The Morgan fingerprint density at radius 2 is 0.541 bits per heavy atom. The zero-order chi connectivity index (χ0) is 44.4. The minimum atomic E-state index is -0.771. The van der Waals surface area contributed by atoms with Gasteiger partial charge in [0, 0.05) is 19.3 Å². The van der Waals surface area contributed by atoms with Gasteiger partial charge in [-0.05, 0) is 70.6 Å². The fraction of sp³-hybridized carbons (Fsp3) is 0.873. The number of rotatable bonds is 49. The highest BCUT2D eigenvalue weighted by atomic mass is 16.6. The quantitative estimate of drug-likeness (QED) is 0.0262. The van der Waals surface area contributed by atoms with E-state index in [-0.39, 0.29) is 31.1 Å². The molecule has 0 aliphatic heterocycles. The highest BCUT2D eigenvalue weighted by Crippen LogP contribution is 2.16. The lowest BCUT2D eigenvalue weighted by molar-refractivity contribution is -0.167. The third-order valence-electron chi connectivity index (χ3n) is 11.9. The van der Waals surface area contributed by atoms with Gasteiger partial charge in [0.1, 0.15) is 13.2 Å². The van der Waals surface area contributed by atoms with E-state index in [2.05, 4.69) is 45.1 Å². The van der Waals surface area contributed by atoms with E-state index in [1.54, 1.807) is 0 Å². The van der Waals surface area contributed by atoms with E-state index in [0.717, 1.165) is 64.2 Å². The number of ether oxygens (including phenoxy) is 3. The molecule has 0 aromatic rings. The summed E-state index contributed by atoms with van der Waals surface area (Å²) in [6.07, 6.45) is 57.3. The SMILES string of the molecule is CCCCC/C=C\CCCCCCCC(=O)OC(COC(=O)CCCCCCCCCCC/C=C\CCCCCCCC)COC(=O)CCCCCCCCCCCCCC. The molecule has 1 atom stereocenters. The van der Waals surface area contributed by atoms with E-state index in [4.69, 9.17) is 14.2 Å². The monoisotopic (exact) mass is 859 g/mol. The Labute approximate surface area is 379 Å². The summed E-state index contributed by atoms with van der Waals surface area (Å²) >= 11 is 0. The van der Waals surface area contributed by atoms with Gasteiger partial charge in [-0.1, -0.05) is 225 Å². The van der Waals surface area contributed by atoms with Crippen LogP contribution in [0.3, 0.4) is 0 Å². The molecule has 0 rings (SSSR count). The van der Waals surface area contributed by atoms with Gasteiger partial charge in [-0.25, -0.2) is 0 Å². The van der Waals surface area contributed by atoms with Crippen LogP contribution in [0.15, 0.2) is 24.3 Å². The number of esters is 3. The van der Waals surface area contributed by atoms with Gasteiger partial charge in [0.2, 0.25) is 0 Å². The van der Waals surface area contributed by atoms with Crippen molar-refractivity contribution < 1.29 is 28.6 Å². The van der Waals surface area contributed by atoms with Crippen LogP contribution in [0.4, 0.5) is 0 Å². The van der Waals surface area contributed by atoms with Crippen molar-refractivity contribution in [1.29, 1.82) is 0 Å². The lowest BCUT2D eigenvalue weighted by Crippen LogP contribution is -2.30. The smallest absolute Gasteiger partial charge is 0.306 e. The summed E-state index contributed by atoms with van der Waals surface area (Å²) in [5.41, 5.74) is 0. The van der Waals surface area contributed by atoms with Crippen molar-refractivity contribution in [3.8, 4) is 0 Å². The molecule has 0 fully saturated rings. The van der Waals surface area contributed by atoms with Gasteiger partial charge in [-0.3, -0.25) is 14.4 Å². The van der Waals surface area contributed by atoms with Gasteiger partial charge in [-0.2, -0.15) is 0 Å². The molecule has 0 radical (unpaired) electrons. The average molecular weight is 859 g/mol. The standard InChI is InChI=1S/C55H102O6/c1-4-7-10-13-16-19-22-25-26-27-28-29-30-31-34-36-39-42-45-48-54(57)60-51-52(61-55(58)49-46-43-40-37-33-24-21-18-15-12-9-6-3)50-59-53(56)47-44-41-38-35-32-23-20-17-14-11-8-5-2/h18,21,25-26,52H,4-17,19-20,22-24,27-51H2,1-3H3/b21-18-,26-25-. The molecule has 0 saturated heterocycles. The summed E-state index contributed by atoms with van der Waals surface area (Å²) in [6.45, 7) is 6.63. The molecule has 0 amide bonds. The summed E-state index contributed by atoms with van der Waals surface area (Å²) in [5.74, 6) is -0.870. The Hall–Kier alpha value is -2.11. The average Bonchev–Trinajstić information content (AvgIpc) is 3.26. The third kappa shape index (κ3) is 48.8. The van der Waals surface area contributed by atoms with Gasteiger partial charge in [0.25, 0.3) is 0 Å². The number of unbranched alkanes of at least 4 members (excludes halogenated alkanes) is 34. The molecule has 0 N–H and O–H groups in total. The summed E-state index contributed by atoms with van der Waals surface area (Å²) < 4.78 is 16.8. The van der Waals surface area contributed by atoms with E-state index >= 15 is 0 Å². The highest BCUT2D eigenvalue weighted by molar-refractivity contribution is 5.71. The van der Waals surface area contributed by atoms with Crippen LogP contribution in [0.1, 0.15) is 290 Å². The molecule has 0 aliphatic carbocycles. The van der Waals surface area contributed by atoms with Crippen molar-refractivity contribution in [2.75, 3.05) is 13.2 Å².